The number of ether oxygens (including phenoxy) is 1. The van der Waals surface area contributed by atoms with E-state index < -0.39 is 10.2 Å². The average Bonchev–Trinajstić information content (AvgIpc) is 2.90. The molecule has 26 heavy (non-hydrogen) atoms. The van der Waals surface area contributed by atoms with Crippen LogP contribution in [0.5, 0.6) is 0 Å². The maximum atomic E-state index is 12.7. The van der Waals surface area contributed by atoms with Crippen molar-refractivity contribution in [1.29, 1.82) is 0 Å². The van der Waals surface area contributed by atoms with Gasteiger partial charge in [0.15, 0.2) is 0 Å². The highest BCUT2D eigenvalue weighted by Crippen LogP contribution is 2.28. The van der Waals surface area contributed by atoms with Gasteiger partial charge in [0, 0.05) is 52.2 Å². The quantitative estimate of drug-likeness (QED) is 0.778. The predicted octanol–water partition coefficient (Wildman–Crippen LogP) is 1.24. The van der Waals surface area contributed by atoms with E-state index in [0.717, 1.165) is 18.6 Å². The summed E-state index contributed by atoms with van der Waals surface area (Å²) in [7, 11) is -0.227. The van der Waals surface area contributed by atoms with Crippen molar-refractivity contribution in [1.82, 2.24) is 18.5 Å². The second kappa shape index (κ2) is 7.14. The molecule has 142 valence electrons. The van der Waals surface area contributed by atoms with Crippen molar-refractivity contribution < 1.29 is 13.2 Å². The number of aromatic nitrogens is 1. The molecular weight excluding hydrogens is 372 g/mol. The lowest BCUT2D eigenvalue weighted by atomic mass is 10.1. The largest absolute Gasteiger partial charge is 0.379 e. The smallest absolute Gasteiger partial charge is 0.281 e. The van der Waals surface area contributed by atoms with Crippen LogP contribution in [-0.2, 0) is 21.5 Å². The number of benzene rings is 1. The first-order valence-electron chi connectivity index (χ1n) is 8.75. The minimum atomic E-state index is -3.41. The molecule has 4 rings (SSSR count). The van der Waals surface area contributed by atoms with Gasteiger partial charge < -0.3 is 4.74 Å². The molecule has 2 aromatic rings. The zero-order valence-electron chi connectivity index (χ0n) is 15.0. The SMILES string of the molecule is CN(C)S(=O)(=O)N1C[C@@H]2COC[C@H](C1)N(Cc1cccc3ncsc13)C2. The second-order valence-corrected chi connectivity index (χ2v) is 10.2. The van der Waals surface area contributed by atoms with Gasteiger partial charge in [-0.25, -0.2) is 4.98 Å². The van der Waals surface area contributed by atoms with Crippen LogP contribution in [0.1, 0.15) is 5.56 Å². The zero-order chi connectivity index (χ0) is 18.3. The number of hydrogen-bond donors (Lipinski definition) is 0. The molecular formula is C17H24N4O3S2. The van der Waals surface area contributed by atoms with Gasteiger partial charge in [0.2, 0.25) is 0 Å². The third kappa shape index (κ3) is 3.39. The molecule has 2 fully saturated rings. The van der Waals surface area contributed by atoms with E-state index in [1.165, 1.54) is 14.6 Å². The Morgan fingerprint density at radius 2 is 2.12 bits per heavy atom. The molecule has 0 aliphatic carbocycles. The van der Waals surface area contributed by atoms with E-state index in [1.807, 2.05) is 17.6 Å². The molecule has 9 heteroatoms. The van der Waals surface area contributed by atoms with Crippen LogP contribution in [0, 0.1) is 5.92 Å². The van der Waals surface area contributed by atoms with Crippen molar-refractivity contribution in [3.05, 3.63) is 29.3 Å². The van der Waals surface area contributed by atoms with Crippen LogP contribution in [0.3, 0.4) is 0 Å². The highest BCUT2D eigenvalue weighted by molar-refractivity contribution is 7.86. The fourth-order valence-electron chi connectivity index (χ4n) is 3.79. The zero-order valence-corrected chi connectivity index (χ0v) is 16.7. The topological polar surface area (TPSA) is 66.0 Å². The molecule has 2 aliphatic heterocycles. The third-order valence-electron chi connectivity index (χ3n) is 5.15. The molecule has 0 unspecified atom stereocenters. The molecule has 2 aliphatic rings. The lowest BCUT2D eigenvalue weighted by Gasteiger charge is -2.32. The normalized spacial score (nSPS) is 25.7. The van der Waals surface area contributed by atoms with Gasteiger partial charge in [-0.05, 0) is 11.6 Å². The Morgan fingerprint density at radius 1 is 1.27 bits per heavy atom. The number of hydrogen-bond acceptors (Lipinski definition) is 6. The fourth-order valence-corrected chi connectivity index (χ4v) is 5.81. The van der Waals surface area contributed by atoms with Gasteiger partial charge in [0.1, 0.15) is 0 Å². The maximum absolute atomic E-state index is 12.7. The highest BCUT2D eigenvalue weighted by Gasteiger charge is 2.38. The summed E-state index contributed by atoms with van der Waals surface area (Å²) in [6.07, 6.45) is 0. The third-order valence-corrected chi connectivity index (χ3v) is 7.94. The summed E-state index contributed by atoms with van der Waals surface area (Å²) in [5.41, 5.74) is 4.15. The monoisotopic (exact) mass is 396 g/mol. The Morgan fingerprint density at radius 3 is 2.92 bits per heavy atom. The van der Waals surface area contributed by atoms with Crippen molar-refractivity contribution in [2.24, 2.45) is 5.92 Å². The summed E-state index contributed by atoms with van der Waals surface area (Å²) >= 11 is 1.66. The van der Waals surface area contributed by atoms with E-state index in [1.54, 1.807) is 29.7 Å². The van der Waals surface area contributed by atoms with Gasteiger partial charge in [0.05, 0.1) is 28.9 Å². The Bertz CT molecular complexity index is 883. The maximum Gasteiger partial charge on any atom is 0.281 e. The van der Waals surface area contributed by atoms with Crippen molar-refractivity contribution in [3.8, 4) is 0 Å². The molecule has 0 amide bonds. The van der Waals surface area contributed by atoms with Crippen LogP contribution >= 0.6 is 11.3 Å². The number of nitrogens with zero attached hydrogens (tertiary/aromatic N) is 4. The minimum absolute atomic E-state index is 0.0559. The summed E-state index contributed by atoms with van der Waals surface area (Å²) in [6.45, 7) is 3.79. The average molecular weight is 397 g/mol. The minimum Gasteiger partial charge on any atom is -0.379 e. The van der Waals surface area contributed by atoms with E-state index >= 15 is 0 Å². The van der Waals surface area contributed by atoms with Gasteiger partial charge in [-0.3, -0.25) is 4.90 Å². The van der Waals surface area contributed by atoms with Gasteiger partial charge in [-0.1, -0.05) is 12.1 Å². The van der Waals surface area contributed by atoms with Crippen LogP contribution in [0.25, 0.3) is 10.2 Å². The summed E-state index contributed by atoms with van der Waals surface area (Å²) in [5.74, 6) is 0.179. The van der Waals surface area contributed by atoms with Crippen molar-refractivity contribution in [2.45, 2.75) is 12.6 Å². The molecule has 0 radical (unpaired) electrons. The van der Waals surface area contributed by atoms with Crippen LogP contribution in [0.2, 0.25) is 0 Å². The van der Waals surface area contributed by atoms with E-state index in [-0.39, 0.29) is 12.0 Å². The number of rotatable bonds is 4. The molecule has 7 nitrogen and oxygen atoms in total. The molecule has 0 spiro atoms. The summed E-state index contributed by atoms with van der Waals surface area (Å²) in [6, 6.07) is 6.27. The second-order valence-electron chi connectivity index (χ2n) is 7.21. The molecule has 2 atom stereocenters. The molecule has 0 saturated carbocycles. The van der Waals surface area contributed by atoms with Gasteiger partial charge in [-0.2, -0.15) is 17.0 Å². The number of thiazole rings is 1. The summed E-state index contributed by atoms with van der Waals surface area (Å²) < 4.78 is 35.3. The summed E-state index contributed by atoms with van der Waals surface area (Å²) in [4.78, 5) is 6.79. The van der Waals surface area contributed by atoms with Gasteiger partial charge in [-0.15, -0.1) is 11.3 Å². The lowest BCUT2D eigenvalue weighted by Crippen LogP contribution is -2.48. The Labute approximate surface area is 158 Å². The molecule has 0 N–H and O–H groups in total. The Kier molecular flexibility index (Phi) is 5.02. The van der Waals surface area contributed by atoms with Crippen molar-refractivity contribution in [3.63, 3.8) is 0 Å². The molecule has 2 saturated heterocycles. The van der Waals surface area contributed by atoms with Gasteiger partial charge in [0.25, 0.3) is 10.2 Å². The fraction of sp³-hybridized carbons (Fsp3) is 0.588. The highest BCUT2D eigenvalue weighted by atomic mass is 32.2. The Balaban J connectivity index is 1.61. The van der Waals surface area contributed by atoms with E-state index in [2.05, 4.69) is 16.0 Å². The standard InChI is InChI=1S/C17H24N4O3S2/c1-19(2)26(22,23)21-7-13-6-20(15(9-21)11-24-10-13)8-14-4-3-5-16-17(14)25-12-18-16/h3-5,12-13,15H,6-11H2,1-2H3/t13-,15+/m1/s1. The summed E-state index contributed by atoms with van der Waals surface area (Å²) in [5, 5.41) is 0. The van der Waals surface area contributed by atoms with Crippen LogP contribution < -0.4 is 0 Å². The molecule has 3 heterocycles. The van der Waals surface area contributed by atoms with Crippen LogP contribution in [-0.4, -0.2) is 79.9 Å². The van der Waals surface area contributed by atoms with Crippen molar-refractivity contribution >= 4 is 31.8 Å². The molecule has 1 aromatic carbocycles. The molecule has 2 bridgehead atoms. The van der Waals surface area contributed by atoms with E-state index in [4.69, 9.17) is 4.74 Å². The first-order chi connectivity index (χ1) is 12.4. The molecule has 1 aromatic heterocycles. The van der Waals surface area contributed by atoms with Crippen LogP contribution in [0.4, 0.5) is 0 Å². The lowest BCUT2D eigenvalue weighted by molar-refractivity contribution is 0.0666. The van der Waals surface area contributed by atoms with Crippen molar-refractivity contribution in [2.75, 3.05) is 46.9 Å². The number of fused-ring (bicyclic) bond motifs is 4. The van der Waals surface area contributed by atoms with Gasteiger partial charge >= 0.3 is 0 Å². The predicted molar refractivity (Wildman–Crippen MR) is 102 cm³/mol. The first kappa shape index (κ1) is 18.3. The van der Waals surface area contributed by atoms with E-state index in [9.17, 15) is 8.42 Å². The van der Waals surface area contributed by atoms with Crippen LogP contribution in [0.15, 0.2) is 23.7 Å². The first-order valence-corrected chi connectivity index (χ1v) is 11.0. The Hall–Kier alpha value is -1.10. The van der Waals surface area contributed by atoms with E-state index in [0.29, 0.717) is 26.3 Å².